The van der Waals surface area contributed by atoms with Gasteiger partial charge in [-0.25, -0.2) is 0 Å². The lowest BCUT2D eigenvalue weighted by Gasteiger charge is -2.38. The lowest BCUT2D eigenvalue weighted by Crippen LogP contribution is -2.46. The number of carboxylic acid groups (broad SMARTS) is 1. The molecule has 164 valence electrons. The first kappa shape index (κ1) is 21.6. The molecule has 1 aromatic heterocycles. The van der Waals surface area contributed by atoms with Crippen molar-refractivity contribution in [3.8, 4) is 0 Å². The molecule has 0 aliphatic heterocycles. The monoisotopic (exact) mass is 419 g/mol. The number of H-pyrrole nitrogens is 1. The van der Waals surface area contributed by atoms with Crippen molar-refractivity contribution in [3.05, 3.63) is 71.9 Å². The molecule has 31 heavy (non-hydrogen) atoms. The van der Waals surface area contributed by atoms with E-state index in [9.17, 15) is 9.90 Å². The number of carbonyl (C=O) groups is 1. The van der Waals surface area contributed by atoms with Gasteiger partial charge in [0, 0.05) is 35.6 Å². The van der Waals surface area contributed by atoms with E-state index in [2.05, 4.69) is 65.7 Å². The van der Waals surface area contributed by atoms with Gasteiger partial charge in [-0.2, -0.15) is 0 Å². The van der Waals surface area contributed by atoms with Gasteiger partial charge < -0.3 is 20.3 Å². The molecule has 5 heteroatoms. The first-order valence-corrected chi connectivity index (χ1v) is 11.3. The minimum atomic E-state index is -0.775. The highest BCUT2D eigenvalue weighted by Gasteiger charge is 2.32. The van der Waals surface area contributed by atoms with E-state index in [0.29, 0.717) is 18.4 Å². The number of nitrogens with one attached hydrogen (secondary N) is 2. The minimum Gasteiger partial charge on any atom is -0.480 e. The molecule has 2 unspecified atom stereocenters. The second-order valence-electron chi connectivity index (χ2n) is 9.05. The van der Waals surface area contributed by atoms with E-state index in [0.717, 1.165) is 42.1 Å². The molecule has 1 fully saturated rings. The van der Waals surface area contributed by atoms with Gasteiger partial charge in [0.1, 0.15) is 6.04 Å². The number of para-hydroxylation sites is 1. The quantitative estimate of drug-likeness (QED) is 0.499. The highest BCUT2D eigenvalue weighted by Crippen LogP contribution is 2.37. The van der Waals surface area contributed by atoms with E-state index in [1.54, 1.807) is 0 Å². The third-order valence-corrected chi connectivity index (χ3v) is 6.75. The van der Waals surface area contributed by atoms with Crippen LogP contribution in [-0.2, 0) is 11.2 Å². The summed E-state index contributed by atoms with van der Waals surface area (Å²) in [6, 6.07) is 18.9. The number of nitrogens with zero attached hydrogens (tertiary/aromatic N) is 1. The molecule has 0 spiro atoms. The van der Waals surface area contributed by atoms with Crippen LogP contribution in [0.15, 0.2) is 60.8 Å². The van der Waals surface area contributed by atoms with E-state index >= 15 is 0 Å². The van der Waals surface area contributed by atoms with Gasteiger partial charge in [0.15, 0.2) is 0 Å². The fourth-order valence-electron chi connectivity index (χ4n) is 5.27. The topological polar surface area (TPSA) is 68.4 Å². The summed E-state index contributed by atoms with van der Waals surface area (Å²) in [7, 11) is 4.31. The lowest BCUT2D eigenvalue weighted by atomic mass is 9.78. The van der Waals surface area contributed by atoms with Crippen LogP contribution < -0.4 is 5.32 Å². The van der Waals surface area contributed by atoms with Crippen LogP contribution in [0.5, 0.6) is 0 Å². The maximum Gasteiger partial charge on any atom is 0.321 e. The first-order valence-electron chi connectivity index (χ1n) is 11.3. The van der Waals surface area contributed by atoms with Crippen molar-refractivity contribution in [2.45, 2.75) is 50.2 Å². The van der Waals surface area contributed by atoms with E-state index in [-0.39, 0.29) is 6.04 Å². The summed E-state index contributed by atoms with van der Waals surface area (Å²) in [6.45, 7) is 0. The number of carboxylic acids is 1. The number of hydrogen-bond acceptors (Lipinski definition) is 3. The summed E-state index contributed by atoms with van der Waals surface area (Å²) in [4.78, 5) is 17.6. The van der Waals surface area contributed by atoms with E-state index in [1.165, 1.54) is 5.56 Å². The molecular formula is C26H33N3O2. The van der Waals surface area contributed by atoms with Crippen LogP contribution >= 0.6 is 0 Å². The molecule has 0 saturated heterocycles. The summed E-state index contributed by atoms with van der Waals surface area (Å²) in [5.41, 5.74) is 3.48. The van der Waals surface area contributed by atoms with E-state index in [4.69, 9.17) is 0 Å². The molecule has 2 atom stereocenters. The van der Waals surface area contributed by atoms with Crippen molar-refractivity contribution in [3.63, 3.8) is 0 Å². The predicted molar refractivity (Wildman–Crippen MR) is 125 cm³/mol. The van der Waals surface area contributed by atoms with Gasteiger partial charge >= 0.3 is 5.97 Å². The van der Waals surface area contributed by atoms with Crippen LogP contribution in [0.4, 0.5) is 0 Å². The van der Waals surface area contributed by atoms with Crippen molar-refractivity contribution in [1.82, 2.24) is 15.2 Å². The fourth-order valence-corrected chi connectivity index (χ4v) is 5.27. The second-order valence-corrected chi connectivity index (χ2v) is 9.05. The highest BCUT2D eigenvalue weighted by atomic mass is 16.4. The van der Waals surface area contributed by atoms with Crippen LogP contribution in [0, 0.1) is 5.92 Å². The Bertz CT molecular complexity index is 990. The Kier molecular flexibility index (Phi) is 6.73. The van der Waals surface area contributed by atoms with E-state index < -0.39 is 12.0 Å². The number of hydrogen-bond donors (Lipinski definition) is 3. The zero-order chi connectivity index (χ0) is 21.8. The third kappa shape index (κ3) is 5.00. The van der Waals surface area contributed by atoms with Gasteiger partial charge in [0.05, 0.1) is 0 Å². The average molecular weight is 420 g/mol. The molecule has 3 aromatic rings. The second kappa shape index (κ2) is 9.67. The Balaban J connectivity index is 1.39. The minimum absolute atomic E-state index is 0.251. The molecule has 5 nitrogen and oxygen atoms in total. The smallest absolute Gasteiger partial charge is 0.321 e. The van der Waals surface area contributed by atoms with Gasteiger partial charge in [-0.1, -0.05) is 48.5 Å². The standard InChI is InChI=1S/C26H33N3O2/c1-29(2)25(18-8-4-3-5-9-18)19-12-14-21(15-13-19)28-24(26(30)31)16-20-17-27-23-11-7-6-10-22(20)23/h3-11,17,19,21,24-25,27-28H,12-16H2,1-2H3,(H,30,31). The van der Waals surface area contributed by atoms with Crippen LogP contribution in [0.3, 0.4) is 0 Å². The zero-order valence-electron chi connectivity index (χ0n) is 18.4. The summed E-state index contributed by atoms with van der Waals surface area (Å²) in [5, 5.41) is 14.4. The Hall–Kier alpha value is -2.63. The lowest BCUT2D eigenvalue weighted by molar-refractivity contribution is -0.139. The number of aromatic amines is 1. The maximum absolute atomic E-state index is 12.0. The molecule has 0 amide bonds. The predicted octanol–water partition coefficient (Wildman–Crippen LogP) is 4.61. The number of rotatable bonds is 8. The fraction of sp³-hybridized carbons (Fsp3) is 0.423. The summed E-state index contributed by atoms with van der Waals surface area (Å²) in [6.07, 6.45) is 6.67. The number of aromatic nitrogens is 1. The first-order chi connectivity index (χ1) is 15.0. The summed E-state index contributed by atoms with van der Waals surface area (Å²) >= 11 is 0. The molecule has 4 rings (SSSR count). The molecule has 0 bridgehead atoms. The van der Waals surface area contributed by atoms with Crippen LogP contribution in [-0.4, -0.2) is 47.1 Å². The van der Waals surface area contributed by atoms with Gasteiger partial charge in [-0.15, -0.1) is 0 Å². The normalized spacial score (nSPS) is 21.3. The molecule has 3 N–H and O–H groups in total. The molecular weight excluding hydrogens is 386 g/mol. The van der Waals surface area contributed by atoms with Gasteiger partial charge in [0.2, 0.25) is 0 Å². The van der Waals surface area contributed by atoms with Gasteiger partial charge in [-0.05, 0) is 62.9 Å². The molecule has 1 heterocycles. The molecule has 1 aliphatic rings. The summed E-state index contributed by atoms with van der Waals surface area (Å²) in [5.74, 6) is -0.185. The van der Waals surface area contributed by atoms with Crippen molar-refractivity contribution in [2.75, 3.05) is 14.1 Å². The maximum atomic E-state index is 12.0. The Morgan fingerprint density at radius 2 is 1.74 bits per heavy atom. The zero-order valence-corrected chi connectivity index (χ0v) is 18.4. The van der Waals surface area contributed by atoms with Gasteiger partial charge in [0.25, 0.3) is 0 Å². The SMILES string of the molecule is CN(C)C(c1ccccc1)C1CCC(NC(Cc2c[nH]c3ccccc23)C(=O)O)CC1. The van der Waals surface area contributed by atoms with Gasteiger partial charge in [-0.3, -0.25) is 4.79 Å². The Labute approximate surface area is 184 Å². The highest BCUT2D eigenvalue weighted by molar-refractivity contribution is 5.84. The number of aliphatic carboxylic acids is 1. The van der Waals surface area contributed by atoms with E-state index in [1.807, 2.05) is 24.4 Å². The Morgan fingerprint density at radius 1 is 1.06 bits per heavy atom. The van der Waals surface area contributed by atoms with Crippen LogP contribution in [0.2, 0.25) is 0 Å². The molecule has 2 aromatic carbocycles. The number of fused-ring (bicyclic) bond motifs is 1. The summed E-state index contributed by atoms with van der Waals surface area (Å²) < 4.78 is 0. The van der Waals surface area contributed by atoms with Crippen molar-refractivity contribution < 1.29 is 9.90 Å². The van der Waals surface area contributed by atoms with Crippen molar-refractivity contribution in [2.24, 2.45) is 5.92 Å². The molecule has 1 saturated carbocycles. The van der Waals surface area contributed by atoms with Crippen LogP contribution in [0.1, 0.15) is 42.9 Å². The van der Waals surface area contributed by atoms with Crippen LogP contribution in [0.25, 0.3) is 10.9 Å². The third-order valence-electron chi connectivity index (χ3n) is 6.75. The molecule has 0 radical (unpaired) electrons. The Morgan fingerprint density at radius 3 is 2.42 bits per heavy atom. The van der Waals surface area contributed by atoms with Crippen molar-refractivity contribution in [1.29, 1.82) is 0 Å². The van der Waals surface area contributed by atoms with Crippen molar-refractivity contribution >= 4 is 16.9 Å². The largest absolute Gasteiger partial charge is 0.480 e. The number of benzene rings is 2. The molecule has 1 aliphatic carbocycles. The average Bonchev–Trinajstić information content (AvgIpc) is 3.18.